The summed E-state index contributed by atoms with van der Waals surface area (Å²) in [6, 6.07) is 14.5. The zero-order valence-corrected chi connectivity index (χ0v) is 16.8. The number of nitrogens with zero attached hydrogens (tertiary/aromatic N) is 2. The summed E-state index contributed by atoms with van der Waals surface area (Å²) in [4.78, 5) is 20.5. The second-order valence-corrected chi connectivity index (χ2v) is 7.52. The van der Waals surface area contributed by atoms with Gasteiger partial charge in [-0.05, 0) is 47.7 Å². The smallest absolute Gasteiger partial charge is 0.273 e. The van der Waals surface area contributed by atoms with E-state index in [4.69, 9.17) is 17.3 Å². The van der Waals surface area contributed by atoms with E-state index in [9.17, 15) is 4.79 Å². The topological polar surface area (TPSA) is 92.9 Å². The van der Waals surface area contributed by atoms with Gasteiger partial charge in [0.15, 0.2) is 11.5 Å². The molecule has 1 unspecified atom stereocenters. The van der Waals surface area contributed by atoms with Crippen molar-refractivity contribution in [2.75, 3.05) is 12.8 Å². The molecule has 0 spiro atoms. The minimum atomic E-state index is -0.353. The number of nitrogen functional groups attached to an aromatic ring is 1. The maximum atomic E-state index is 11.9. The Morgan fingerprint density at radius 1 is 1.28 bits per heavy atom. The van der Waals surface area contributed by atoms with Crippen LogP contribution in [0.5, 0.6) is 0 Å². The standard InChI is InChI=1S/C22H22ClN5O/c1-25-22(29)20-21(24)27-12-19(28-20)15-4-2-3-13(9-15)11-26-18-8-6-14-5-7-16(23)10-17(14)18/h2-5,7,9-10,12,18,26H,6,8,11H2,1H3,(H2,24,27)(H,25,29). The number of rotatable bonds is 5. The largest absolute Gasteiger partial charge is 0.382 e. The summed E-state index contributed by atoms with van der Waals surface area (Å²) in [5, 5.41) is 6.94. The Kier molecular flexibility index (Phi) is 5.47. The molecule has 29 heavy (non-hydrogen) atoms. The van der Waals surface area contributed by atoms with Crippen molar-refractivity contribution >= 4 is 23.3 Å². The van der Waals surface area contributed by atoms with Crippen molar-refractivity contribution in [3.05, 3.63) is 76.1 Å². The number of benzene rings is 2. The lowest BCUT2D eigenvalue weighted by atomic mass is 10.1. The van der Waals surface area contributed by atoms with E-state index in [0.29, 0.717) is 11.7 Å². The number of hydrogen-bond donors (Lipinski definition) is 3. The molecule has 7 heteroatoms. The van der Waals surface area contributed by atoms with Crippen molar-refractivity contribution in [1.82, 2.24) is 20.6 Å². The molecule has 0 fully saturated rings. The molecule has 1 atom stereocenters. The van der Waals surface area contributed by atoms with Crippen molar-refractivity contribution < 1.29 is 4.79 Å². The number of anilines is 1. The number of aromatic nitrogens is 2. The second-order valence-electron chi connectivity index (χ2n) is 7.08. The van der Waals surface area contributed by atoms with Crippen LogP contribution in [0.25, 0.3) is 11.3 Å². The molecule has 148 valence electrons. The lowest BCUT2D eigenvalue weighted by Crippen LogP contribution is -2.21. The highest BCUT2D eigenvalue weighted by Gasteiger charge is 2.22. The van der Waals surface area contributed by atoms with E-state index in [-0.39, 0.29) is 17.4 Å². The minimum absolute atomic E-state index is 0.115. The molecule has 6 nitrogen and oxygen atoms in total. The first-order valence-corrected chi connectivity index (χ1v) is 9.88. The predicted molar refractivity (Wildman–Crippen MR) is 115 cm³/mol. The fraction of sp³-hybridized carbons (Fsp3) is 0.227. The van der Waals surface area contributed by atoms with Gasteiger partial charge in [0.05, 0.1) is 11.9 Å². The number of hydrogen-bond acceptors (Lipinski definition) is 5. The lowest BCUT2D eigenvalue weighted by Gasteiger charge is -2.15. The molecule has 1 aromatic heterocycles. The van der Waals surface area contributed by atoms with Gasteiger partial charge in [0.2, 0.25) is 0 Å². The van der Waals surface area contributed by atoms with E-state index in [1.807, 2.05) is 18.2 Å². The average molecular weight is 408 g/mol. The van der Waals surface area contributed by atoms with Crippen LogP contribution in [0.2, 0.25) is 5.02 Å². The molecule has 1 aliphatic rings. The predicted octanol–water partition coefficient (Wildman–Crippen LogP) is 3.52. The Hall–Kier alpha value is -2.96. The third-order valence-corrected chi connectivity index (χ3v) is 5.44. The fourth-order valence-corrected chi connectivity index (χ4v) is 3.87. The van der Waals surface area contributed by atoms with Crippen molar-refractivity contribution in [1.29, 1.82) is 0 Å². The third-order valence-electron chi connectivity index (χ3n) is 5.20. The Labute approximate surface area is 174 Å². The molecular weight excluding hydrogens is 386 g/mol. The zero-order chi connectivity index (χ0) is 20.4. The summed E-state index contributed by atoms with van der Waals surface area (Å²) in [5.41, 5.74) is 11.2. The van der Waals surface area contributed by atoms with E-state index in [2.05, 4.69) is 44.9 Å². The molecule has 4 N–H and O–H groups in total. The Morgan fingerprint density at radius 3 is 2.97 bits per heavy atom. The van der Waals surface area contributed by atoms with Gasteiger partial charge in [0, 0.05) is 30.2 Å². The Bertz CT molecular complexity index is 1070. The summed E-state index contributed by atoms with van der Waals surface area (Å²) in [5.74, 6) is -0.238. The van der Waals surface area contributed by atoms with E-state index >= 15 is 0 Å². The van der Waals surface area contributed by atoms with Gasteiger partial charge in [-0.2, -0.15) is 0 Å². The van der Waals surface area contributed by atoms with Crippen LogP contribution in [-0.2, 0) is 13.0 Å². The first kappa shape index (κ1) is 19.4. The van der Waals surface area contributed by atoms with Crippen LogP contribution >= 0.6 is 11.6 Å². The lowest BCUT2D eigenvalue weighted by molar-refractivity contribution is 0.0959. The van der Waals surface area contributed by atoms with Gasteiger partial charge in [-0.25, -0.2) is 9.97 Å². The van der Waals surface area contributed by atoms with Gasteiger partial charge in [-0.1, -0.05) is 35.9 Å². The fourth-order valence-electron chi connectivity index (χ4n) is 3.69. The number of amides is 1. The quantitative estimate of drug-likeness (QED) is 0.601. The van der Waals surface area contributed by atoms with Crippen LogP contribution < -0.4 is 16.4 Å². The molecule has 0 saturated carbocycles. The highest BCUT2D eigenvalue weighted by molar-refractivity contribution is 6.30. The number of carbonyl (C=O) groups is 1. The molecular formula is C22H22ClN5O. The molecule has 0 bridgehead atoms. The molecule has 1 heterocycles. The summed E-state index contributed by atoms with van der Waals surface area (Å²) in [7, 11) is 1.54. The number of halogens is 1. The van der Waals surface area contributed by atoms with Gasteiger partial charge < -0.3 is 16.4 Å². The van der Waals surface area contributed by atoms with Gasteiger partial charge in [-0.3, -0.25) is 4.79 Å². The van der Waals surface area contributed by atoms with Gasteiger partial charge >= 0.3 is 0 Å². The number of nitrogens with one attached hydrogen (secondary N) is 2. The Morgan fingerprint density at radius 2 is 2.14 bits per heavy atom. The average Bonchev–Trinajstić information content (AvgIpc) is 3.14. The van der Waals surface area contributed by atoms with Gasteiger partial charge in [0.25, 0.3) is 5.91 Å². The zero-order valence-electron chi connectivity index (χ0n) is 16.1. The number of fused-ring (bicyclic) bond motifs is 1. The Balaban J connectivity index is 1.52. The number of carbonyl (C=O) groups excluding carboxylic acids is 1. The van der Waals surface area contributed by atoms with Crippen LogP contribution in [0.4, 0.5) is 5.82 Å². The molecule has 0 aliphatic heterocycles. The molecule has 0 radical (unpaired) electrons. The molecule has 2 aromatic carbocycles. The van der Waals surface area contributed by atoms with E-state index in [1.54, 1.807) is 6.20 Å². The van der Waals surface area contributed by atoms with Crippen LogP contribution in [0.15, 0.2) is 48.7 Å². The molecule has 1 aliphatic carbocycles. The summed E-state index contributed by atoms with van der Waals surface area (Å²) < 4.78 is 0. The van der Waals surface area contributed by atoms with Crippen molar-refractivity contribution in [2.45, 2.75) is 25.4 Å². The van der Waals surface area contributed by atoms with Gasteiger partial charge in [0.1, 0.15) is 0 Å². The van der Waals surface area contributed by atoms with Crippen molar-refractivity contribution in [3.8, 4) is 11.3 Å². The highest BCUT2D eigenvalue weighted by atomic mass is 35.5. The van der Waals surface area contributed by atoms with Crippen LogP contribution in [0.3, 0.4) is 0 Å². The monoisotopic (exact) mass is 407 g/mol. The van der Waals surface area contributed by atoms with E-state index < -0.39 is 0 Å². The van der Waals surface area contributed by atoms with Crippen molar-refractivity contribution in [3.63, 3.8) is 0 Å². The van der Waals surface area contributed by atoms with Crippen LogP contribution in [0, 0.1) is 0 Å². The maximum Gasteiger partial charge on any atom is 0.273 e. The normalized spacial score (nSPS) is 15.2. The molecule has 3 aromatic rings. The first-order chi connectivity index (χ1) is 14.0. The van der Waals surface area contributed by atoms with Crippen molar-refractivity contribution in [2.24, 2.45) is 0 Å². The third kappa shape index (κ3) is 4.09. The second kappa shape index (κ2) is 8.19. The number of nitrogens with two attached hydrogens (primary N) is 1. The molecule has 0 saturated heterocycles. The van der Waals surface area contributed by atoms with Gasteiger partial charge in [-0.15, -0.1) is 0 Å². The van der Waals surface area contributed by atoms with E-state index in [0.717, 1.165) is 35.5 Å². The van der Waals surface area contributed by atoms with Crippen LogP contribution in [0.1, 0.15) is 39.6 Å². The first-order valence-electron chi connectivity index (χ1n) is 9.51. The number of aryl methyl sites for hydroxylation is 1. The summed E-state index contributed by atoms with van der Waals surface area (Å²) in [6.45, 7) is 0.717. The maximum absolute atomic E-state index is 11.9. The minimum Gasteiger partial charge on any atom is -0.382 e. The SMILES string of the molecule is CNC(=O)c1nc(-c2cccc(CNC3CCc4ccc(Cl)cc43)c2)cnc1N. The highest BCUT2D eigenvalue weighted by Crippen LogP contribution is 2.33. The summed E-state index contributed by atoms with van der Waals surface area (Å²) >= 11 is 6.17. The summed E-state index contributed by atoms with van der Waals surface area (Å²) in [6.07, 6.45) is 3.71. The van der Waals surface area contributed by atoms with E-state index in [1.165, 1.54) is 18.2 Å². The molecule has 4 rings (SSSR count). The molecule has 1 amide bonds. The van der Waals surface area contributed by atoms with Crippen LogP contribution in [-0.4, -0.2) is 22.9 Å².